The SMILES string of the molecule is COc1ccccc1C1CC1C(=O)N1CCC(Cc2cnn(C)c2)C1. The molecule has 2 fully saturated rings. The zero-order valence-corrected chi connectivity index (χ0v) is 14.9. The van der Waals surface area contributed by atoms with E-state index in [0.29, 0.717) is 17.7 Å². The van der Waals surface area contributed by atoms with E-state index in [0.717, 1.165) is 38.1 Å². The predicted octanol–water partition coefficient (Wildman–Crippen LogP) is 2.62. The minimum absolute atomic E-state index is 0.133. The van der Waals surface area contributed by atoms with Crippen LogP contribution in [0.25, 0.3) is 0 Å². The third kappa shape index (κ3) is 3.28. The van der Waals surface area contributed by atoms with Crippen LogP contribution in [0.15, 0.2) is 36.7 Å². The van der Waals surface area contributed by atoms with Gasteiger partial charge in [0.1, 0.15) is 5.75 Å². The van der Waals surface area contributed by atoms with Crippen molar-refractivity contribution in [2.24, 2.45) is 18.9 Å². The quantitative estimate of drug-likeness (QED) is 0.841. The van der Waals surface area contributed by atoms with Crippen LogP contribution in [0.1, 0.15) is 29.9 Å². The van der Waals surface area contributed by atoms with Crippen LogP contribution in [0.5, 0.6) is 5.75 Å². The summed E-state index contributed by atoms with van der Waals surface area (Å²) in [6.07, 6.45) is 7.06. The summed E-state index contributed by atoms with van der Waals surface area (Å²) in [6, 6.07) is 8.07. The molecule has 5 nitrogen and oxygen atoms in total. The first-order valence-electron chi connectivity index (χ1n) is 9.05. The Kier molecular flexibility index (Phi) is 4.24. The number of carbonyl (C=O) groups excluding carboxylic acids is 1. The number of methoxy groups -OCH3 is 1. The second-order valence-electron chi connectivity index (χ2n) is 7.36. The lowest BCUT2D eigenvalue weighted by atomic mass is 10.0. The molecule has 4 rings (SSSR count). The standard InChI is InChI=1S/C20H25N3O2/c1-22-12-15(11-21-22)9-14-7-8-23(13-14)20(24)18-10-17(18)16-5-3-4-6-19(16)25-2/h3-6,11-12,14,17-18H,7-10,13H2,1-2H3. The topological polar surface area (TPSA) is 47.4 Å². The minimum atomic E-state index is 0.133. The fourth-order valence-corrected chi connectivity index (χ4v) is 4.13. The number of rotatable bonds is 5. The van der Waals surface area contributed by atoms with Gasteiger partial charge < -0.3 is 9.64 Å². The fraction of sp³-hybridized carbons (Fsp3) is 0.500. The normalized spacial score (nSPS) is 25.2. The molecular formula is C20H25N3O2. The van der Waals surface area contributed by atoms with Gasteiger partial charge in [-0.2, -0.15) is 5.10 Å². The highest BCUT2D eigenvalue weighted by Crippen LogP contribution is 2.51. The van der Waals surface area contributed by atoms with Gasteiger partial charge in [0.05, 0.1) is 13.3 Å². The first kappa shape index (κ1) is 16.2. The molecule has 25 heavy (non-hydrogen) atoms. The number of amides is 1. The molecule has 2 heterocycles. The van der Waals surface area contributed by atoms with Crippen molar-refractivity contribution in [1.82, 2.24) is 14.7 Å². The molecule has 1 aliphatic heterocycles. The maximum absolute atomic E-state index is 12.9. The van der Waals surface area contributed by atoms with Crippen molar-refractivity contribution in [3.05, 3.63) is 47.8 Å². The molecule has 3 atom stereocenters. The molecule has 1 aromatic heterocycles. The molecule has 1 saturated heterocycles. The molecule has 132 valence electrons. The molecule has 0 bridgehead atoms. The van der Waals surface area contributed by atoms with E-state index in [1.54, 1.807) is 7.11 Å². The average Bonchev–Trinajstić information content (AvgIpc) is 3.11. The van der Waals surface area contributed by atoms with Gasteiger partial charge >= 0.3 is 0 Å². The highest BCUT2D eigenvalue weighted by molar-refractivity contribution is 5.83. The lowest BCUT2D eigenvalue weighted by molar-refractivity contribution is -0.131. The first-order chi connectivity index (χ1) is 12.2. The van der Waals surface area contributed by atoms with Gasteiger partial charge in [0.25, 0.3) is 0 Å². The van der Waals surface area contributed by atoms with Gasteiger partial charge in [-0.1, -0.05) is 18.2 Å². The second kappa shape index (κ2) is 6.54. The van der Waals surface area contributed by atoms with Gasteiger partial charge in [-0.3, -0.25) is 9.48 Å². The van der Waals surface area contributed by atoms with Crippen LogP contribution in [0.3, 0.4) is 0 Å². The van der Waals surface area contributed by atoms with E-state index in [-0.39, 0.29) is 5.92 Å². The van der Waals surface area contributed by atoms with Crippen molar-refractivity contribution >= 4 is 5.91 Å². The summed E-state index contributed by atoms with van der Waals surface area (Å²) in [4.78, 5) is 14.9. The van der Waals surface area contributed by atoms with Crippen molar-refractivity contribution in [2.45, 2.75) is 25.2 Å². The largest absolute Gasteiger partial charge is 0.496 e. The first-order valence-corrected chi connectivity index (χ1v) is 9.05. The van der Waals surface area contributed by atoms with Crippen molar-refractivity contribution in [1.29, 1.82) is 0 Å². The highest BCUT2D eigenvalue weighted by atomic mass is 16.5. The maximum Gasteiger partial charge on any atom is 0.226 e. The average molecular weight is 339 g/mol. The summed E-state index contributed by atoms with van der Waals surface area (Å²) >= 11 is 0. The number of aryl methyl sites for hydroxylation is 1. The lowest BCUT2D eigenvalue weighted by Gasteiger charge is -2.17. The Balaban J connectivity index is 1.35. The van der Waals surface area contributed by atoms with Crippen molar-refractivity contribution in [3.8, 4) is 5.75 Å². The van der Waals surface area contributed by atoms with Crippen molar-refractivity contribution < 1.29 is 9.53 Å². The van der Waals surface area contributed by atoms with Crippen molar-refractivity contribution in [2.75, 3.05) is 20.2 Å². The number of hydrogen-bond donors (Lipinski definition) is 0. The van der Waals surface area contributed by atoms with E-state index in [1.165, 1.54) is 11.1 Å². The Hall–Kier alpha value is -2.30. The second-order valence-corrected chi connectivity index (χ2v) is 7.36. The van der Waals surface area contributed by atoms with Gasteiger partial charge in [-0.25, -0.2) is 0 Å². The highest BCUT2D eigenvalue weighted by Gasteiger charge is 2.47. The number of aromatic nitrogens is 2. The number of nitrogens with zero attached hydrogens (tertiary/aromatic N) is 3. The van der Waals surface area contributed by atoms with E-state index in [4.69, 9.17) is 4.74 Å². The van der Waals surface area contributed by atoms with E-state index < -0.39 is 0 Å². The molecule has 3 unspecified atom stereocenters. The predicted molar refractivity (Wildman–Crippen MR) is 95.4 cm³/mol. The summed E-state index contributed by atoms with van der Waals surface area (Å²) in [5.74, 6) is 2.23. The number of carbonyl (C=O) groups is 1. The van der Waals surface area contributed by atoms with Crippen LogP contribution < -0.4 is 4.74 Å². The molecule has 2 aliphatic rings. The smallest absolute Gasteiger partial charge is 0.226 e. The van der Waals surface area contributed by atoms with Gasteiger partial charge in [0.15, 0.2) is 0 Å². The van der Waals surface area contributed by atoms with E-state index in [2.05, 4.69) is 22.3 Å². The van der Waals surface area contributed by atoms with E-state index in [9.17, 15) is 4.79 Å². The van der Waals surface area contributed by atoms with Crippen LogP contribution in [0, 0.1) is 11.8 Å². The van der Waals surface area contributed by atoms with Crippen LogP contribution in [-0.4, -0.2) is 40.8 Å². The third-order valence-corrected chi connectivity index (χ3v) is 5.53. The molecule has 1 aliphatic carbocycles. The van der Waals surface area contributed by atoms with E-state index in [1.807, 2.05) is 36.1 Å². The van der Waals surface area contributed by atoms with Crippen LogP contribution >= 0.6 is 0 Å². The van der Waals surface area contributed by atoms with Gasteiger partial charge in [0, 0.05) is 32.3 Å². The van der Waals surface area contributed by atoms with Crippen LogP contribution in [-0.2, 0) is 18.3 Å². The molecule has 1 saturated carbocycles. The Morgan fingerprint density at radius 3 is 2.96 bits per heavy atom. The Morgan fingerprint density at radius 2 is 2.20 bits per heavy atom. The van der Waals surface area contributed by atoms with Gasteiger partial charge in [-0.15, -0.1) is 0 Å². The fourth-order valence-electron chi connectivity index (χ4n) is 4.13. The zero-order chi connectivity index (χ0) is 17.4. The molecule has 2 aromatic rings. The van der Waals surface area contributed by atoms with Crippen molar-refractivity contribution in [3.63, 3.8) is 0 Å². The lowest BCUT2D eigenvalue weighted by Crippen LogP contribution is -2.30. The zero-order valence-electron chi connectivity index (χ0n) is 14.9. The summed E-state index contributed by atoms with van der Waals surface area (Å²) in [7, 11) is 3.64. The van der Waals surface area contributed by atoms with Gasteiger partial charge in [-0.05, 0) is 48.3 Å². The molecule has 1 amide bonds. The third-order valence-electron chi connectivity index (χ3n) is 5.53. The molecule has 5 heteroatoms. The van der Waals surface area contributed by atoms with Crippen LogP contribution in [0.2, 0.25) is 0 Å². The molecule has 1 aromatic carbocycles. The number of likely N-dealkylation sites (tertiary alicyclic amines) is 1. The summed E-state index contributed by atoms with van der Waals surface area (Å²) in [5.41, 5.74) is 2.44. The number of para-hydroxylation sites is 1. The molecule has 0 spiro atoms. The summed E-state index contributed by atoms with van der Waals surface area (Å²) < 4.78 is 7.30. The summed E-state index contributed by atoms with van der Waals surface area (Å²) in [5, 5.41) is 4.24. The molecular weight excluding hydrogens is 314 g/mol. The van der Waals surface area contributed by atoms with Crippen LogP contribution in [0.4, 0.5) is 0 Å². The molecule has 0 radical (unpaired) electrons. The Labute approximate surface area is 148 Å². The monoisotopic (exact) mass is 339 g/mol. The van der Waals surface area contributed by atoms with Gasteiger partial charge in [0.2, 0.25) is 5.91 Å². The number of hydrogen-bond acceptors (Lipinski definition) is 3. The van der Waals surface area contributed by atoms with E-state index >= 15 is 0 Å². The maximum atomic E-state index is 12.9. The number of ether oxygens (including phenoxy) is 1. The molecule has 0 N–H and O–H groups in total. The Morgan fingerprint density at radius 1 is 1.36 bits per heavy atom. The summed E-state index contributed by atoms with van der Waals surface area (Å²) in [6.45, 7) is 1.77. The number of benzene rings is 1. The minimum Gasteiger partial charge on any atom is -0.496 e. The Bertz CT molecular complexity index is 770.